The molecule has 1 unspecified atom stereocenters. The quantitative estimate of drug-likeness (QED) is 0.101. The summed E-state index contributed by atoms with van der Waals surface area (Å²) >= 11 is 0. The lowest BCUT2D eigenvalue weighted by atomic mass is 9.99. The van der Waals surface area contributed by atoms with E-state index in [9.17, 15) is 9.59 Å². The van der Waals surface area contributed by atoms with E-state index in [4.69, 9.17) is 14.2 Å². The maximum absolute atomic E-state index is 15.2. The van der Waals surface area contributed by atoms with Gasteiger partial charge in [-0.2, -0.15) is 0 Å². The Bertz CT molecular complexity index is 1220. The molecule has 0 saturated carbocycles. The summed E-state index contributed by atoms with van der Waals surface area (Å²) < 4.78 is 31.9. The second-order valence-electron chi connectivity index (χ2n) is 10.1. The third-order valence-corrected chi connectivity index (χ3v) is 6.66. The standard InChI is InChI=1S/C34H41FO5/c1-4-6-7-8-9-10-11-17-33(36)39-28-22-23-30(32(35)24-28)29-15-12-13-16-31(29)34(37)40-27-20-18-26(19-21-27)38-25(3)14-5-2/h12-13,15-16,18-25H,4-11,14,17H2,1-3H3. The Morgan fingerprint density at radius 3 is 2.08 bits per heavy atom. The Morgan fingerprint density at radius 2 is 1.38 bits per heavy atom. The molecule has 3 rings (SSSR count). The predicted molar refractivity (Wildman–Crippen MR) is 156 cm³/mol. The van der Waals surface area contributed by atoms with Crippen molar-refractivity contribution < 1.29 is 28.2 Å². The second-order valence-corrected chi connectivity index (χ2v) is 10.1. The van der Waals surface area contributed by atoms with Gasteiger partial charge in [-0.3, -0.25) is 4.79 Å². The van der Waals surface area contributed by atoms with Crippen LogP contribution in [-0.4, -0.2) is 18.0 Å². The molecule has 5 nitrogen and oxygen atoms in total. The third-order valence-electron chi connectivity index (χ3n) is 6.66. The van der Waals surface area contributed by atoms with Crippen LogP contribution in [0, 0.1) is 5.82 Å². The molecule has 40 heavy (non-hydrogen) atoms. The number of carbonyl (C=O) groups is 2. The molecule has 0 aliphatic rings. The van der Waals surface area contributed by atoms with Gasteiger partial charge in [0.1, 0.15) is 23.1 Å². The molecule has 3 aromatic rings. The molecule has 0 radical (unpaired) electrons. The van der Waals surface area contributed by atoms with E-state index in [-0.39, 0.29) is 28.9 Å². The zero-order valence-electron chi connectivity index (χ0n) is 23.9. The number of hydrogen-bond acceptors (Lipinski definition) is 5. The highest BCUT2D eigenvalue weighted by atomic mass is 19.1. The Kier molecular flexibility index (Phi) is 12.7. The number of hydrogen-bond donors (Lipinski definition) is 0. The number of carbonyl (C=O) groups excluding carboxylic acids is 2. The first-order valence-corrected chi connectivity index (χ1v) is 14.5. The highest BCUT2D eigenvalue weighted by molar-refractivity contribution is 5.98. The van der Waals surface area contributed by atoms with E-state index in [1.807, 2.05) is 6.92 Å². The van der Waals surface area contributed by atoms with Gasteiger partial charge in [-0.1, -0.05) is 77.0 Å². The molecular formula is C34H41FO5. The van der Waals surface area contributed by atoms with E-state index < -0.39 is 11.8 Å². The minimum atomic E-state index is -0.604. The van der Waals surface area contributed by atoms with Crippen LogP contribution in [0.4, 0.5) is 4.39 Å². The van der Waals surface area contributed by atoms with Gasteiger partial charge in [-0.15, -0.1) is 0 Å². The van der Waals surface area contributed by atoms with E-state index in [1.165, 1.54) is 37.8 Å². The molecule has 214 valence electrons. The van der Waals surface area contributed by atoms with Crippen LogP contribution in [0.2, 0.25) is 0 Å². The van der Waals surface area contributed by atoms with Gasteiger partial charge in [-0.25, -0.2) is 9.18 Å². The number of rotatable bonds is 16. The molecule has 0 aliphatic carbocycles. The highest BCUT2D eigenvalue weighted by Gasteiger charge is 2.18. The zero-order valence-corrected chi connectivity index (χ0v) is 23.9. The summed E-state index contributed by atoms with van der Waals surface area (Å²) in [6, 6.07) is 17.8. The molecule has 1 atom stereocenters. The topological polar surface area (TPSA) is 61.8 Å². The van der Waals surface area contributed by atoms with E-state index in [2.05, 4.69) is 13.8 Å². The Morgan fingerprint density at radius 1 is 0.725 bits per heavy atom. The predicted octanol–water partition coefficient (Wildman–Crippen LogP) is 9.33. The molecule has 0 N–H and O–H groups in total. The molecule has 0 spiro atoms. The van der Waals surface area contributed by atoms with Gasteiger partial charge in [0, 0.05) is 18.1 Å². The normalized spacial score (nSPS) is 11.6. The first-order valence-electron chi connectivity index (χ1n) is 14.5. The minimum absolute atomic E-state index is 0.0974. The van der Waals surface area contributed by atoms with E-state index in [0.29, 0.717) is 23.5 Å². The lowest BCUT2D eigenvalue weighted by molar-refractivity contribution is -0.134. The number of unbranched alkanes of at least 4 members (excludes halogenated alkanes) is 6. The van der Waals surface area contributed by atoms with Crippen LogP contribution in [0.3, 0.4) is 0 Å². The molecule has 0 saturated heterocycles. The van der Waals surface area contributed by atoms with Crippen molar-refractivity contribution in [3.63, 3.8) is 0 Å². The Balaban J connectivity index is 1.60. The Labute approximate surface area is 237 Å². The molecule has 0 fully saturated rings. The summed E-state index contributed by atoms with van der Waals surface area (Å²) in [6.07, 6.45) is 10.1. The molecule has 0 aromatic heterocycles. The van der Waals surface area contributed by atoms with Crippen LogP contribution in [0.5, 0.6) is 17.2 Å². The SMILES string of the molecule is CCCCCCCCCC(=O)Oc1ccc(-c2ccccc2C(=O)Oc2ccc(OC(C)CCC)cc2)c(F)c1. The first kappa shape index (κ1) is 30.9. The molecule has 0 heterocycles. The molecule has 0 amide bonds. The van der Waals surface area contributed by atoms with Gasteiger partial charge in [0.25, 0.3) is 0 Å². The van der Waals surface area contributed by atoms with Crippen molar-refractivity contribution in [2.45, 2.75) is 91.1 Å². The fourth-order valence-corrected chi connectivity index (χ4v) is 4.53. The molecule has 0 aliphatic heterocycles. The lowest BCUT2D eigenvalue weighted by Crippen LogP contribution is -2.12. The first-order chi connectivity index (χ1) is 19.4. The summed E-state index contributed by atoms with van der Waals surface area (Å²) in [5.41, 5.74) is 0.828. The average molecular weight is 549 g/mol. The zero-order chi connectivity index (χ0) is 28.7. The van der Waals surface area contributed by atoms with Gasteiger partial charge in [0.05, 0.1) is 11.7 Å². The number of esters is 2. The van der Waals surface area contributed by atoms with Crippen molar-refractivity contribution in [2.75, 3.05) is 0 Å². The van der Waals surface area contributed by atoms with E-state index in [1.54, 1.807) is 54.6 Å². The summed E-state index contributed by atoms with van der Waals surface area (Å²) in [7, 11) is 0. The van der Waals surface area contributed by atoms with Crippen molar-refractivity contribution >= 4 is 11.9 Å². The minimum Gasteiger partial charge on any atom is -0.491 e. The molecule has 3 aromatic carbocycles. The molecule has 6 heteroatoms. The molecular weight excluding hydrogens is 507 g/mol. The fraction of sp³-hybridized carbons (Fsp3) is 0.412. The summed E-state index contributed by atoms with van der Waals surface area (Å²) in [6.45, 7) is 6.31. The smallest absolute Gasteiger partial charge is 0.344 e. The van der Waals surface area contributed by atoms with Gasteiger partial charge in [0.2, 0.25) is 0 Å². The number of benzene rings is 3. The third kappa shape index (κ3) is 9.82. The van der Waals surface area contributed by atoms with Gasteiger partial charge >= 0.3 is 11.9 Å². The van der Waals surface area contributed by atoms with Crippen molar-refractivity contribution in [1.82, 2.24) is 0 Å². The van der Waals surface area contributed by atoms with Crippen LogP contribution >= 0.6 is 0 Å². The fourth-order valence-electron chi connectivity index (χ4n) is 4.53. The number of ether oxygens (including phenoxy) is 3. The van der Waals surface area contributed by atoms with Crippen LogP contribution in [0.25, 0.3) is 11.1 Å². The van der Waals surface area contributed by atoms with Crippen molar-refractivity contribution in [2.24, 2.45) is 0 Å². The van der Waals surface area contributed by atoms with Gasteiger partial charge in [-0.05, 0) is 67.8 Å². The number of halogens is 1. The van der Waals surface area contributed by atoms with E-state index >= 15 is 4.39 Å². The highest BCUT2D eigenvalue weighted by Crippen LogP contribution is 2.30. The van der Waals surface area contributed by atoms with Crippen molar-refractivity contribution in [1.29, 1.82) is 0 Å². The second kappa shape index (κ2) is 16.4. The van der Waals surface area contributed by atoms with Crippen LogP contribution < -0.4 is 14.2 Å². The Hall–Kier alpha value is -3.67. The summed E-state index contributed by atoms with van der Waals surface area (Å²) in [5.74, 6) is -0.367. The van der Waals surface area contributed by atoms with Gasteiger partial charge < -0.3 is 14.2 Å². The molecule has 0 bridgehead atoms. The maximum Gasteiger partial charge on any atom is 0.344 e. The summed E-state index contributed by atoms with van der Waals surface area (Å²) in [4.78, 5) is 25.3. The van der Waals surface area contributed by atoms with Crippen LogP contribution in [0.15, 0.2) is 66.7 Å². The largest absolute Gasteiger partial charge is 0.491 e. The summed E-state index contributed by atoms with van der Waals surface area (Å²) in [5, 5.41) is 0. The van der Waals surface area contributed by atoms with Crippen LogP contribution in [-0.2, 0) is 4.79 Å². The average Bonchev–Trinajstić information content (AvgIpc) is 2.94. The van der Waals surface area contributed by atoms with Crippen LogP contribution in [0.1, 0.15) is 95.3 Å². The van der Waals surface area contributed by atoms with Gasteiger partial charge in [0.15, 0.2) is 0 Å². The maximum atomic E-state index is 15.2. The van der Waals surface area contributed by atoms with Crippen molar-refractivity contribution in [3.8, 4) is 28.4 Å². The monoisotopic (exact) mass is 548 g/mol. The van der Waals surface area contributed by atoms with Crippen molar-refractivity contribution in [3.05, 3.63) is 78.1 Å². The van der Waals surface area contributed by atoms with E-state index in [0.717, 1.165) is 32.1 Å². The lowest BCUT2D eigenvalue weighted by Gasteiger charge is -2.14.